The smallest absolute Gasteiger partial charge is 0.409 e. The second kappa shape index (κ2) is 7.90. The van der Waals surface area contributed by atoms with Crippen LogP contribution < -0.4 is 0 Å². The summed E-state index contributed by atoms with van der Waals surface area (Å²) >= 11 is 0. The monoisotopic (exact) mass is 277 g/mol. The third-order valence-corrected chi connectivity index (χ3v) is 3.61. The predicted octanol–water partition coefficient (Wildman–Crippen LogP) is 3.07. The van der Waals surface area contributed by atoms with Crippen LogP contribution in [0.3, 0.4) is 0 Å². The van der Waals surface area contributed by atoms with E-state index < -0.39 is 0 Å². The van der Waals surface area contributed by atoms with Gasteiger partial charge in [-0.05, 0) is 24.3 Å². The number of rotatable bonds is 5. The summed E-state index contributed by atoms with van der Waals surface area (Å²) in [7, 11) is 0. The second-order valence-corrected chi connectivity index (χ2v) is 5.32. The fourth-order valence-corrected chi connectivity index (χ4v) is 2.23. The molecule has 0 spiro atoms. The molecule has 2 rings (SSSR count). The number of carbonyl (C=O) groups excluding carboxylic acids is 1. The molecule has 1 fully saturated rings. The number of hydrogen-bond acceptors (Lipinski definition) is 3. The molecular weight excluding hydrogens is 254 g/mol. The molecule has 1 saturated heterocycles. The molecule has 4 heteroatoms. The van der Waals surface area contributed by atoms with Crippen LogP contribution in [0.15, 0.2) is 30.3 Å². The molecule has 0 aromatic heterocycles. The van der Waals surface area contributed by atoms with E-state index in [9.17, 15) is 4.79 Å². The van der Waals surface area contributed by atoms with Crippen molar-refractivity contribution >= 4 is 6.09 Å². The van der Waals surface area contributed by atoms with Crippen molar-refractivity contribution in [2.45, 2.75) is 26.4 Å². The van der Waals surface area contributed by atoms with Crippen molar-refractivity contribution < 1.29 is 14.3 Å². The van der Waals surface area contributed by atoms with Gasteiger partial charge >= 0.3 is 6.09 Å². The first-order valence-electron chi connectivity index (χ1n) is 7.29. The molecule has 1 aliphatic heterocycles. The molecule has 1 amide bonds. The van der Waals surface area contributed by atoms with E-state index in [1.54, 1.807) is 4.90 Å². The quantitative estimate of drug-likeness (QED) is 0.776. The van der Waals surface area contributed by atoms with Gasteiger partial charge in [0.1, 0.15) is 6.61 Å². The zero-order valence-electron chi connectivity index (χ0n) is 12.1. The van der Waals surface area contributed by atoms with Gasteiger partial charge in [0.2, 0.25) is 0 Å². The number of carbonyl (C=O) groups is 1. The van der Waals surface area contributed by atoms with Gasteiger partial charge in [-0.15, -0.1) is 0 Å². The molecule has 0 unspecified atom stereocenters. The number of hydrogen-bond donors (Lipinski definition) is 0. The van der Waals surface area contributed by atoms with Gasteiger partial charge < -0.3 is 14.4 Å². The molecule has 0 aliphatic carbocycles. The van der Waals surface area contributed by atoms with Crippen LogP contribution in [-0.2, 0) is 16.1 Å². The first kappa shape index (κ1) is 14.9. The number of ether oxygens (including phenoxy) is 2. The van der Waals surface area contributed by atoms with Crippen molar-refractivity contribution in [3.05, 3.63) is 35.9 Å². The van der Waals surface area contributed by atoms with E-state index in [4.69, 9.17) is 9.47 Å². The van der Waals surface area contributed by atoms with E-state index in [0.717, 1.165) is 31.5 Å². The van der Waals surface area contributed by atoms with Gasteiger partial charge in [-0.2, -0.15) is 0 Å². The maximum absolute atomic E-state index is 11.8. The van der Waals surface area contributed by atoms with Gasteiger partial charge in [-0.3, -0.25) is 0 Å². The summed E-state index contributed by atoms with van der Waals surface area (Å²) in [5.41, 5.74) is 1.13. The van der Waals surface area contributed by atoms with Crippen molar-refractivity contribution in [3.8, 4) is 0 Å². The third-order valence-electron chi connectivity index (χ3n) is 3.61. The van der Waals surface area contributed by atoms with E-state index >= 15 is 0 Å². The van der Waals surface area contributed by atoms with Gasteiger partial charge in [0.25, 0.3) is 0 Å². The summed E-state index contributed by atoms with van der Waals surface area (Å²) in [6.07, 6.45) is 1.93. The molecule has 110 valence electrons. The molecule has 20 heavy (non-hydrogen) atoms. The summed E-state index contributed by atoms with van der Waals surface area (Å²) in [6.45, 7) is 5.15. The minimum absolute atomic E-state index is 0.208. The molecule has 1 heterocycles. The number of amides is 1. The van der Waals surface area contributed by atoms with Crippen LogP contribution in [0, 0.1) is 5.92 Å². The molecule has 1 aromatic carbocycles. The summed E-state index contributed by atoms with van der Waals surface area (Å²) in [4.78, 5) is 13.6. The standard InChI is InChI=1S/C16H23NO3/c1-14-7-9-17(10-8-14)16(18)20-12-11-19-13-15-5-3-2-4-6-15/h2-6,14H,7-13H2,1H3. The van der Waals surface area contributed by atoms with Crippen LogP contribution in [0.2, 0.25) is 0 Å². The normalized spacial score (nSPS) is 16.1. The Kier molecular flexibility index (Phi) is 5.87. The Labute approximate surface area is 120 Å². The van der Waals surface area contributed by atoms with E-state index in [1.807, 2.05) is 30.3 Å². The lowest BCUT2D eigenvalue weighted by Crippen LogP contribution is -2.38. The lowest BCUT2D eigenvalue weighted by atomic mass is 10.00. The van der Waals surface area contributed by atoms with Crippen LogP contribution in [0.1, 0.15) is 25.3 Å². The first-order chi connectivity index (χ1) is 9.75. The SMILES string of the molecule is CC1CCN(C(=O)OCCOCc2ccccc2)CC1. The van der Waals surface area contributed by atoms with E-state index in [0.29, 0.717) is 25.7 Å². The molecule has 1 aliphatic rings. The molecule has 0 bridgehead atoms. The number of benzene rings is 1. The summed E-state index contributed by atoms with van der Waals surface area (Å²) < 4.78 is 10.7. The summed E-state index contributed by atoms with van der Waals surface area (Å²) in [5, 5.41) is 0. The molecule has 0 radical (unpaired) electrons. The number of nitrogens with zero attached hydrogens (tertiary/aromatic N) is 1. The van der Waals surface area contributed by atoms with Crippen molar-refractivity contribution in [1.29, 1.82) is 0 Å². The van der Waals surface area contributed by atoms with Crippen LogP contribution in [0.25, 0.3) is 0 Å². The van der Waals surface area contributed by atoms with Gasteiger partial charge in [-0.25, -0.2) is 4.79 Å². The van der Waals surface area contributed by atoms with Gasteiger partial charge in [0, 0.05) is 13.1 Å². The Hall–Kier alpha value is -1.55. The minimum atomic E-state index is -0.208. The van der Waals surface area contributed by atoms with Crippen molar-refractivity contribution in [2.24, 2.45) is 5.92 Å². The molecule has 1 aromatic rings. The van der Waals surface area contributed by atoms with E-state index in [-0.39, 0.29) is 6.09 Å². The van der Waals surface area contributed by atoms with E-state index in [1.165, 1.54) is 0 Å². The highest BCUT2D eigenvalue weighted by molar-refractivity contribution is 5.67. The Morgan fingerprint density at radius 2 is 1.90 bits per heavy atom. The molecule has 0 saturated carbocycles. The molecular formula is C16H23NO3. The predicted molar refractivity (Wildman–Crippen MR) is 77.4 cm³/mol. The fourth-order valence-electron chi connectivity index (χ4n) is 2.23. The Balaban J connectivity index is 1.55. The average molecular weight is 277 g/mol. The van der Waals surface area contributed by atoms with Crippen molar-refractivity contribution in [3.63, 3.8) is 0 Å². The second-order valence-electron chi connectivity index (χ2n) is 5.32. The van der Waals surface area contributed by atoms with Crippen LogP contribution in [0.5, 0.6) is 0 Å². The highest BCUT2D eigenvalue weighted by Crippen LogP contribution is 2.16. The summed E-state index contributed by atoms with van der Waals surface area (Å²) in [6, 6.07) is 9.97. The molecule has 0 N–H and O–H groups in total. The van der Waals surface area contributed by atoms with Gasteiger partial charge in [-0.1, -0.05) is 37.3 Å². The maximum Gasteiger partial charge on any atom is 0.409 e. The third kappa shape index (κ3) is 4.85. The Bertz CT molecular complexity index is 399. The molecule has 4 nitrogen and oxygen atoms in total. The number of piperidine rings is 1. The maximum atomic E-state index is 11.8. The average Bonchev–Trinajstić information content (AvgIpc) is 2.48. The topological polar surface area (TPSA) is 38.8 Å². The van der Waals surface area contributed by atoms with Crippen LogP contribution >= 0.6 is 0 Å². The zero-order valence-corrected chi connectivity index (χ0v) is 12.1. The Morgan fingerprint density at radius 1 is 1.20 bits per heavy atom. The highest BCUT2D eigenvalue weighted by Gasteiger charge is 2.20. The number of likely N-dealkylation sites (tertiary alicyclic amines) is 1. The summed E-state index contributed by atoms with van der Waals surface area (Å²) in [5.74, 6) is 0.716. The lowest BCUT2D eigenvalue weighted by molar-refractivity contribution is 0.0441. The van der Waals surface area contributed by atoms with E-state index in [2.05, 4.69) is 6.92 Å². The van der Waals surface area contributed by atoms with Crippen molar-refractivity contribution in [1.82, 2.24) is 4.90 Å². The van der Waals surface area contributed by atoms with Crippen LogP contribution in [0.4, 0.5) is 4.79 Å². The highest BCUT2D eigenvalue weighted by atomic mass is 16.6. The lowest BCUT2D eigenvalue weighted by Gasteiger charge is -2.29. The minimum Gasteiger partial charge on any atom is -0.447 e. The first-order valence-corrected chi connectivity index (χ1v) is 7.29. The van der Waals surface area contributed by atoms with Crippen molar-refractivity contribution in [2.75, 3.05) is 26.3 Å². The van der Waals surface area contributed by atoms with Gasteiger partial charge in [0.15, 0.2) is 0 Å². The largest absolute Gasteiger partial charge is 0.447 e. The zero-order chi connectivity index (χ0) is 14.2. The Morgan fingerprint density at radius 3 is 2.60 bits per heavy atom. The molecule has 0 atom stereocenters. The van der Waals surface area contributed by atoms with Crippen LogP contribution in [-0.4, -0.2) is 37.3 Å². The van der Waals surface area contributed by atoms with Gasteiger partial charge in [0.05, 0.1) is 13.2 Å². The fraction of sp³-hybridized carbons (Fsp3) is 0.562.